The van der Waals surface area contributed by atoms with Crippen molar-refractivity contribution in [2.75, 3.05) is 5.75 Å². The number of rotatable bonds is 6. The van der Waals surface area contributed by atoms with Crippen molar-refractivity contribution in [1.29, 1.82) is 0 Å². The molecule has 2 aromatic carbocycles. The van der Waals surface area contributed by atoms with E-state index in [1.807, 2.05) is 66.3 Å². The summed E-state index contributed by atoms with van der Waals surface area (Å²) in [6.45, 7) is 0. The van der Waals surface area contributed by atoms with E-state index < -0.39 is 0 Å². The highest BCUT2D eigenvalue weighted by atomic mass is 35.5. The van der Waals surface area contributed by atoms with Gasteiger partial charge in [-0.15, -0.1) is 11.3 Å². The molecule has 0 aliphatic rings. The molecule has 0 spiro atoms. The van der Waals surface area contributed by atoms with Gasteiger partial charge in [0, 0.05) is 24.5 Å². The highest BCUT2D eigenvalue weighted by Crippen LogP contribution is 2.29. The molecule has 1 amide bonds. The molecule has 0 radical (unpaired) electrons. The zero-order valence-corrected chi connectivity index (χ0v) is 17.4. The molecule has 1 atom stereocenters. The van der Waals surface area contributed by atoms with Gasteiger partial charge in [-0.1, -0.05) is 47.6 Å². The molecule has 28 heavy (non-hydrogen) atoms. The molecule has 4 rings (SSSR count). The number of thioether (sulfide) groups is 1. The molecule has 0 aliphatic carbocycles. The molecular formula is C20H17ClN4OS2. The fourth-order valence-corrected chi connectivity index (χ4v) is 4.86. The minimum absolute atomic E-state index is 0.0767. The predicted molar refractivity (Wildman–Crippen MR) is 115 cm³/mol. The summed E-state index contributed by atoms with van der Waals surface area (Å²) in [6, 6.07) is 15.1. The molecule has 8 heteroatoms. The van der Waals surface area contributed by atoms with E-state index in [9.17, 15) is 4.79 Å². The van der Waals surface area contributed by atoms with Crippen molar-refractivity contribution in [2.45, 2.75) is 10.4 Å². The van der Waals surface area contributed by atoms with Crippen molar-refractivity contribution in [1.82, 2.24) is 19.9 Å². The third kappa shape index (κ3) is 4.22. The monoisotopic (exact) mass is 428 g/mol. The Labute approximate surface area is 175 Å². The maximum Gasteiger partial charge on any atom is 0.231 e. The summed E-state index contributed by atoms with van der Waals surface area (Å²) in [4.78, 5) is 21.6. The van der Waals surface area contributed by atoms with Crippen LogP contribution in [0.4, 0.5) is 0 Å². The summed E-state index contributed by atoms with van der Waals surface area (Å²) in [5.41, 5.74) is 1.89. The highest BCUT2D eigenvalue weighted by molar-refractivity contribution is 8.01. The number of imidazole rings is 1. The molecule has 5 nitrogen and oxygen atoms in total. The minimum Gasteiger partial charge on any atom is -0.341 e. The van der Waals surface area contributed by atoms with Gasteiger partial charge in [0.2, 0.25) is 5.91 Å². The summed E-state index contributed by atoms with van der Waals surface area (Å²) in [7, 11) is 1.91. The van der Waals surface area contributed by atoms with Gasteiger partial charge >= 0.3 is 0 Å². The van der Waals surface area contributed by atoms with Crippen LogP contribution in [0.25, 0.3) is 10.2 Å². The Hall–Kier alpha value is -2.35. The number of halogens is 1. The van der Waals surface area contributed by atoms with Gasteiger partial charge in [0.15, 0.2) is 4.34 Å². The van der Waals surface area contributed by atoms with Gasteiger partial charge < -0.3 is 9.88 Å². The van der Waals surface area contributed by atoms with Gasteiger partial charge in [0.1, 0.15) is 11.9 Å². The fourth-order valence-electron chi connectivity index (χ4n) is 2.85. The lowest BCUT2D eigenvalue weighted by Crippen LogP contribution is -2.32. The van der Waals surface area contributed by atoms with Crippen LogP contribution in [0.2, 0.25) is 5.02 Å². The van der Waals surface area contributed by atoms with Crippen LogP contribution in [0.3, 0.4) is 0 Å². The zero-order chi connectivity index (χ0) is 19.5. The standard InChI is InChI=1S/C20H17ClN4OS2/c1-25-11-10-22-19(25)18(13-6-8-14(21)9-7-13)24-17(26)12-27-20-23-15-4-2-3-5-16(15)28-20/h2-11,18H,12H2,1H3,(H,24,26). The first-order valence-corrected chi connectivity index (χ1v) is 10.8. The van der Waals surface area contributed by atoms with Crippen LogP contribution < -0.4 is 5.32 Å². The Kier molecular flexibility index (Phi) is 5.66. The number of aromatic nitrogens is 3. The number of nitrogens with zero attached hydrogens (tertiary/aromatic N) is 3. The molecule has 142 valence electrons. The average Bonchev–Trinajstić information content (AvgIpc) is 3.31. The highest BCUT2D eigenvalue weighted by Gasteiger charge is 2.21. The number of aryl methyl sites for hydroxylation is 1. The lowest BCUT2D eigenvalue weighted by Gasteiger charge is -2.19. The van der Waals surface area contributed by atoms with Crippen LogP contribution in [0, 0.1) is 0 Å². The molecule has 0 fully saturated rings. The van der Waals surface area contributed by atoms with E-state index >= 15 is 0 Å². The molecule has 0 saturated carbocycles. The van der Waals surface area contributed by atoms with Gasteiger partial charge in [-0.3, -0.25) is 4.79 Å². The molecule has 0 saturated heterocycles. The Morgan fingerprint density at radius 3 is 2.75 bits per heavy atom. The number of carbonyl (C=O) groups is 1. The van der Waals surface area contributed by atoms with E-state index in [1.165, 1.54) is 11.8 Å². The maximum atomic E-state index is 12.7. The quantitative estimate of drug-likeness (QED) is 0.453. The van der Waals surface area contributed by atoms with Gasteiger partial charge in [0.25, 0.3) is 0 Å². The lowest BCUT2D eigenvalue weighted by molar-refractivity contribution is -0.119. The topological polar surface area (TPSA) is 59.8 Å². The number of para-hydroxylation sites is 1. The Bertz CT molecular complexity index is 1070. The SMILES string of the molecule is Cn1ccnc1C(NC(=O)CSc1nc2ccccc2s1)c1ccc(Cl)cc1. The van der Waals surface area contributed by atoms with Crippen molar-refractivity contribution in [3.8, 4) is 0 Å². The van der Waals surface area contributed by atoms with E-state index in [2.05, 4.69) is 15.3 Å². The second-order valence-corrected chi connectivity index (χ2v) is 8.87. The van der Waals surface area contributed by atoms with Crippen LogP contribution in [-0.2, 0) is 11.8 Å². The minimum atomic E-state index is -0.347. The number of carbonyl (C=O) groups excluding carboxylic acids is 1. The van der Waals surface area contributed by atoms with Crippen molar-refractivity contribution >= 4 is 50.8 Å². The first-order valence-electron chi connectivity index (χ1n) is 8.60. The molecule has 2 heterocycles. The van der Waals surface area contributed by atoms with E-state index in [-0.39, 0.29) is 17.7 Å². The van der Waals surface area contributed by atoms with Crippen LogP contribution in [-0.4, -0.2) is 26.2 Å². The number of nitrogens with one attached hydrogen (secondary N) is 1. The molecule has 1 N–H and O–H groups in total. The third-order valence-corrected chi connectivity index (χ3v) is 6.66. The zero-order valence-electron chi connectivity index (χ0n) is 15.0. The summed E-state index contributed by atoms with van der Waals surface area (Å²) >= 11 is 9.05. The molecular weight excluding hydrogens is 412 g/mol. The normalized spacial score (nSPS) is 12.2. The molecule has 4 aromatic rings. The number of amides is 1. The first-order chi connectivity index (χ1) is 13.6. The number of hydrogen-bond acceptors (Lipinski definition) is 5. The average molecular weight is 429 g/mol. The second-order valence-electron chi connectivity index (χ2n) is 6.18. The number of hydrogen-bond donors (Lipinski definition) is 1. The molecule has 1 unspecified atom stereocenters. The summed E-state index contributed by atoms with van der Waals surface area (Å²) in [5, 5.41) is 3.74. The van der Waals surface area contributed by atoms with E-state index in [0.29, 0.717) is 5.02 Å². The van der Waals surface area contributed by atoms with Gasteiger partial charge in [-0.05, 0) is 29.8 Å². The Morgan fingerprint density at radius 2 is 2.04 bits per heavy atom. The van der Waals surface area contributed by atoms with Crippen LogP contribution in [0.15, 0.2) is 65.3 Å². The van der Waals surface area contributed by atoms with Crippen LogP contribution in [0.5, 0.6) is 0 Å². The number of benzene rings is 2. The second kappa shape index (κ2) is 8.34. The van der Waals surface area contributed by atoms with E-state index in [4.69, 9.17) is 11.6 Å². The lowest BCUT2D eigenvalue weighted by atomic mass is 10.1. The van der Waals surface area contributed by atoms with Crippen molar-refractivity contribution in [2.24, 2.45) is 7.05 Å². The van der Waals surface area contributed by atoms with Gasteiger partial charge in [-0.2, -0.15) is 0 Å². The summed E-state index contributed by atoms with van der Waals surface area (Å²) < 4.78 is 3.91. The molecule has 2 aromatic heterocycles. The smallest absolute Gasteiger partial charge is 0.231 e. The fraction of sp³-hybridized carbons (Fsp3) is 0.150. The van der Waals surface area contributed by atoms with Crippen molar-refractivity contribution in [3.05, 3.63) is 77.3 Å². The first kappa shape index (κ1) is 19.0. The number of thiazole rings is 1. The predicted octanol–water partition coefficient (Wildman–Crippen LogP) is 4.68. The Balaban J connectivity index is 1.49. The Morgan fingerprint density at radius 1 is 1.25 bits per heavy atom. The van der Waals surface area contributed by atoms with Crippen molar-refractivity contribution < 1.29 is 4.79 Å². The molecule has 0 bridgehead atoms. The van der Waals surface area contributed by atoms with E-state index in [1.54, 1.807) is 17.5 Å². The third-order valence-electron chi connectivity index (χ3n) is 4.23. The van der Waals surface area contributed by atoms with E-state index in [0.717, 1.165) is 25.9 Å². The van der Waals surface area contributed by atoms with Gasteiger partial charge in [-0.25, -0.2) is 9.97 Å². The largest absolute Gasteiger partial charge is 0.341 e. The van der Waals surface area contributed by atoms with Crippen LogP contribution >= 0.6 is 34.7 Å². The maximum absolute atomic E-state index is 12.7. The summed E-state index contributed by atoms with van der Waals surface area (Å²) in [6.07, 6.45) is 3.58. The van der Waals surface area contributed by atoms with Crippen molar-refractivity contribution in [3.63, 3.8) is 0 Å². The molecule has 0 aliphatic heterocycles. The van der Waals surface area contributed by atoms with Crippen LogP contribution in [0.1, 0.15) is 17.4 Å². The number of fused-ring (bicyclic) bond motifs is 1. The van der Waals surface area contributed by atoms with Gasteiger partial charge in [0.05, 0.1) is 16.0 Å². The summed E-state index contributed by atoms with van der Waals surface area (Å²) in [5.74, 6) is 0.974.